The van der Waals surface area contributed by atoms with E-state index in [2.05, 4.69) is 42.6 Å². The molecule has 2 atom stereocenters. The molecule has 0 unspecified atom stereocenters. The van der Waals surface area contributed by atoms with Gasteiger partial charge in [-0.2, -0.15) is 0 Å². The van der Waals surface area contributed by atoms with Crippen molar-refractivity contribution in [2.45, 2.75) is 38.6 Å². The molecule has 0 spiro atoms. The lowest BCUT2D eigenvalue weighted by Gasteiger charge is -2.17. The van der Waals surface area contributed by atoms with Crippen LogP contribution in [0.15, 0.2) is 30.3 Å². The minimum atomic E-state index is 0.759. The third-order valence-electron chi connectivity index (χ3n) is 3.60. The summed E-state index contributed by atoms with van der Waals surface area (Å²) in [6.45, 7) is 3.53. The van der Waals surface area contributed by atoms with E-state index in [-0.39, 0.29) is 0 Å². The van der Waals surface area contributed by atoms with Crippen LogP contribution in [0.2, 0.25) is 0 Å². The Hall–Kier alpha value is -0.820. The van der Waals surface area contributed by atoms with E-state index in [1.54, 1.807) is 0 Å². The van der Waals surface area contributed by atoms with Gasteiger partial charge in [-0.25, -0.2) is 0 Å². The monoisotopic (exact) mass is 203 g/mol. The Balaban J connectivity index is 1.83. The fourth-order valence-corrected chi connectivity index (χ4v) is 2.62. The largest absolute Gasteiger partial charge is 0.314 e. The summed E-state index contributed by atoms with van der Waals surface area (Å²) >= 11 is 0. The molecule has 0 saturated carbocycles. The first-order chi connectivity index (χ1) is 7.40. The molecule has 1 heteroatoms. The summed E-state index contributed by atoms with van der Waals surface area (Å²) in [6.07, 6.45) is 5.21. The molecule has 1 aliphatic heterocycles. The van der Waals surface area contributed by atoms with Crippen LogP contribution in [0.1, 0.15) is 31.7 Å². The van der Waals surface area contributed by atoms with Crippen LogP contribution in [-0.2, 0) is 6.42 Å². The van der Waals surface area contributed by atoms with Crippen molar-refractivity contribution in [1.82, 2.24) is 5.32 Å². The highest BCUT2D eigenvalue weighted by molar-refractivity contribution is 5.14. The third kappa shape index (κ3) is 2.82. The third-order valence-corrected chi connectivity index (χ3v) is 3.60. The topological polar surface area (TPSA) is 12.0 Å². The summed E-state index contributed by atoms with van der Waals surface area (Å²) in [7, 11) is 0. The van der Waals surface area contributed by atoms with Gasteiger partial charge in [-0.3, -0.25) is 0 Å². The number of hydrogen-bond donors (Lipinski definition) is 1. The summed E-state index contributed by atoms with van der Waals surface area (Å²) in [5.41, 5.74) is 1.47. The Morgan fingerprint density at radius 3 is 2.80 bits per heavy atom. The van der Waals surface area contributed by atoms with Crippen LogP contribution >= 0.6 is 0 Å². The van der Waals surface area contributed by atoms with Crippen molar-refractivity contribution in [3.8, 4) is 0 Å². The molecule has 1 nitrogen and oxygen atoms in total. The summed E-state index contributed by atoms with van der Waals surface area (Å²) in [4.78, 5) is 0. The number of benzene rings is 1. The van der Waals surface area contributed by atoms with E-state index in [1.165, 1.54) is 37.8 Å². The fourth-order valence-electron chi connectivity index (χ4n) is 2.62. The predicted molar refractivity (Wildman–Crippen MR) is 65.0 cm³/mol. The first kappa shape index (κ1) is 10.7. The van der Waals surface area contributed by atoms with Crippen LogP contribution in [0.5, 0.6) is 0 Å². The quantitative estimate of drug-likeness (QED) is 0.793. The molecule has 1 aromatic rings. The van der Waals surface area contributed by atoms with Gasteiger partial charge in [0.05, 0.1) is 0 Å². The molecule has 0 aromatic heterocycles. The molecular weight excluding hydrogens is 182 g/mol. The van der Waals surface area contributed by atoms with E-state index in [0.29, 0.717) is 0 Å². The van der Waals surface area contributed by atoms with Gasteiger partial charge in [-0.05, 0) is 37.3 Å². The van der Waals surface area contributed by atoms with E-state index >= 15 is 0 Å². The lowest BCUT2D eigenvalue weighted by atomic mass is 9.93. The lowest BCUT2D eigenvalue weighted by molar-refractivity contribution is 0.413. The molecule has 15 heavy (non-hydrogen) atoms. The van der Waals surface area contributed by atoms with Crippen LogP contribution < -0.4 is 5.32 Å². The summed E-state index contributed by atoms with van der Waals surface area (Å²) in [5, 5.41) is 3.63. The number of nitrogens with one attached hydrogen (secondary N) is 1. The van der Waals surface area contributed by atoms with Crippen molar-refractivity contribution in [3.05, 3.63) is 35.9 Å². The van der Waals surface area contributed by atoms with Crippen molar-refractivity contribution in [2.75, 3.05) is 6.54 Å². The molecule has 1 aliphatic rings. The Morgan fingerprint density at radius 2 is 2.07 bits per heavy atom. The van der Waals surface area contributed by atoms with Crippen molar-refractivity contribution < 1.29 is 0 Å². The maximum atomic E-state index is 3.63. The van der Waals surface area contributed by atoms with E-state index < -0.39 is 0 Å². The van der Waals surface area contributed by atoms with Crippen molar-refractivity contribution in [3.63, 3.8) is 0 Å². The molecule has 1 fully saturated rings. The minimum absolute atomic E-state index is 0.759. The van der Waals surface area contributed by atoms with E-state index in [9.17, 15) is 0 Å². The lowest BCUT2D eigenvalue weighted by Crippen LogP contribution is -2.27. The molecule has 0 radical (unpaired) electrons. The molecule has 0 aliphatic carbocycles. The molecule has 1 heterocycles. The predicted octanol–water partition coefficient (Wildman–Crippen LogP) is 3.01. The van der Waals surface area contributed by atoms with Crippen LogP contribution in [-0.4, -0.2) is 12.6 Å². The average Bonchev–Trinajstić information content (AvgIpc) is 2.75. The van der Waals surface area contributed by atoms with Gasteiger partial charge in [-0.1, -0.05) is 43.7 Å². The van der Waals surface area contributed by atoms with Crippen molar-refractivity contribution in [1.29, 1.82) is 0 Å². The van der Waals surface area contributed by atoms with Crippen molar-refractivity contribution in [2.24, 2.45) is 5.92 Å². The van der Waals surface area contributed by atoms with Crippen LogP contribution in [0.25, 0.3) is 0 Å². The van der Waals surface area contributed by atoms with Gasteiger partial charge >= 0.3 is 0 Å². The zero-order chi connectivity index (χ0) is 10.5. The van der Waals surface area contributed by atoms with Gasteiger partial charge in [-0.15, -0.1) is 0 Å². The SMILES string of the molecule is CC[C@@H]1CCN[C@H]1CCc1ccccc1. The normalized spacial score (nSPS) is 25.7. The highest BCUT2D eigenvalue weighted by Gasteiger charge is 2.24. The fraction of sp³-hybridized carbons (Fsp3) is 0.571. The molecular formula is C14H21N. The van der Waals surface area contributed by atoms with Crippen LogP contribution in [0.3, 0.4) is 0 Å². The smallest absolute Gasteiger partial charge is 0.00988 e. The first-order valence-corrected chi connectivity index (χ1v) is 6.17. The Morgan fingerprint density at radius 1 is 1.27 bits per heavy atom. The van der Waals surface area contributed by atoms with Gasteiger partial charge in [0.25, 0.3) is 0 Å². The number of rotatable bonds is 4. The second kappa shape index (κ2) is 5.32. The molecule has 1 N–H and O–H groups in total. The van der Waals surface area contributed by atoms with E-state index in [1.807, 2.05) is 0 Å². The number of aryl methyl sites for hydroxylation is 1. The summed E-state index contributed by atoms with van der Waals surface area (Å²) in [5.74, 6) is 0.911. The van der Waals surface area contributed by atoms with Gasteiger partial charge in [0, 0.05) is 6.04 Å². The molecule has 1 saturated heterocycles. The highest BCUT2D eigenvalue weighted by atomic mass is 14.9. The average molecular weight is 203 g/mol. The van der Waals surface area contributed by atoms with Gasteiger partial charge < -0.3 is 5.32 Å². The molecule has 2 rings (SSSR count). The summed E-state index contributed by atoms with van der Waals surface area (Å²) in [6, 6.07) is 11.6. The number of hydrogen-bond acceptors (Lipinski definition) is 1. The molecule has 0 bridgehead atoms. The Kier molecular flexibility index (Phi) is 3.79. The molecule has 82 valence electrons. The van der Waals surface area contributed by atoms with Crippen molar-refractivity contribution >= 4 is 0 Å². The second-order valence-electron chi connectivity index (χ2n) is 4.54. The van der Waals surface area contributed by atoms with Gasteiger partial charge in [0.1, 0.15) is 0 Å². The van der Waals surface area contributed by atoms with E-state index in [0.717, 1.165) is 12.0 Å². The van der Waals surface area contributed by atoms with Crippen LogP contribution in [0.4, 0.5) is 0 Å². The van der Waals surface area contributed by atoms with E-state index in [4.69, 9.17) is 0 Å². The Bertz CT molecular complexity index is 281. The maximum absolute atomic E-state index is 3.63. The first-order valence-electron chi connectivity index (χ1n) is 6.17. The maximum Gasteiger partial charge on any atom is 0.00988 e. The zero-order valence-corrected chi connectivity index (χ0v) is 9.58. The van der Waals surface area contributed by atoms with Crippen LogP contribution in [0, 0.1) is 5.92 Å². The Labute approximate surface area is 92.9 Å². The summed E-state index contributed by atoms with van der Waals surface area (Å²) < 4.78 is 0. The second-order valence-corrected chi connectivity index (χ2v) is 4.54. The zero-order valence-electron chi connectivity index (χ0n) is 9.58. The van der Waals surface area contributed by atoms with Gasteiger partial charge in [0.15, 0.2) is 0 Å². The highest BCUT2D eigenvalue weighted by Crippen LogP contribution is 2.22. The van der Waals surface area contributed by atoms with Gasteiger partial charge in [0.2, 0.25) is 0 Å². The minimum Gasteiger partial charge on any atom is -0.314 e. The molecule has 1 aromatic carbocycles. The molecule has 0 amide bonds. The standard InChI is InChI=1S/C14H21N/c1-2-13-10-11-15-14(13)9-8-12-6-4-3-5-7-12/h3-7,13-15H,2,8-11H2,1H3/t13-,14+/m1/s1.